The molecule has 11 heteroatoms. The number of carbonyl (C=O) groups is 5. The summed E-state index contributed by atoms with van der Waals surface area (Å²) < 4.78 is 0. The van der Waals surface area contributed by atoms with Gasteiger partial charge < -0.3 is 21.3 Å². The zero-order chi connectivity index (χ0) is 27.8. The molecule has 1 aromatic rings. The smallest absolute Gasteiger partial charge is 0.289 e. The Morgan fingerprint density at radius 1 is 0.919 bits per heavy atom. The van der Waals surface area contributed by atoms with E-state index in [1.54, 1.807) is 34.6 Å². The first kappa shape index (κ1) is 29.9. The fourth-order valence-corrected chi connectivity index (χ4v) is 4.13. The number of aromatic nitrogens is 2. The Kier molecular flexibility index (Phi) is 10.7. The van der Waals surface area contributed by atoms with E-state index in [2.05, 4.69) is 31.2 Å². The molecule has 4 N–H and O–H groups in total. The largest absolute Gasteiger partial charge is 0.347 e. The third-order valence-electron chi connectivity index (χ3n) is 6.38. The zero-order valence-corrected chi connectivity index (χ0v) is 22.6. The summed E-state index contributed by atoms with van der Waals surface area (Å²) in [6.07, 6.45) is 7.46. The van der Waals surface area contributed by atoms with Gasteiger partial charge in [-0.25, -0.2) is 9.97 Å². The predicted molar refractivity (Wildman–Crippen MR) is 137 cm³/mol. The summed E-state index contributed by atoms with van der Waals surface area (Å²) in [6.45, 7) is 10.3. The van der Waals surface area contributed by atoms with Gasteiger partial charge in [-0.3, -0.25) is 24.0 Å². The lowest BCUT2D eigenvalue weighted by atomic mass is 9.85. The minimum absolute atomic E-state index is 0.0289. The molecule has 0 saturated heterocycles. The Balaban J connectivity index is 2.02. The molecule has 0 aliphatic heterocycles. The van der Waals surface area contributed by atoms with E-state index in [9.17, 15) is 24.0 Å². The quantitative estimate of drug-likeness (QED) is 0.341. The van der Waals surface area contributed by atoms with Crippen LogP contribution in [0.4, 0.5) is 0 Å². The van der Waals surface area contributed by atoms with Gasteiger partial charge in [-0.05, 0) is 37.2 Å². The summed E-state index contributed by atoms with van der Waals surface area (Å²) in [5.41, 5.74) is -0.580. The highest BCUT2D eigenvalue weighted by atomic mass is 16.2. The zero-order valence-electron chi connectivity index (χ0n) is 22.6. The number of nitrogens with one attached hydrogen (secondary N) is 4. The second-order valence-corrected chi connectivity index (χ2v) is 11.0. The van der Waals surface area contributed by atoms with Crippen molar-refractivity contribution in [1.29, 1.82) is 0 Å². The van der Waals surface area contributed by atoms with Crippen LogP contribution in [0.3, 0.4) is 0 Å². The third kappa shape index (κ3) is 8.91. The molecule has 1 fully saturated rings. The van der Waals surface area contributed by atoms with Gasteiger partial charge in [0.25, 0.3) is 11.8 Å². The van der Waals surface area contributed by atoms with Crippen LogP contribution in [-0.2, 0) is 19.2 Å². The number of amides is 4. The van der Waals surface area contributed by atoms with E-state index < -0.39 is 53.0 Å². The molecule has 1 heterocycles. The van der Waals surface area contributed by atoms with E-state index in [1.165, 1.54) is 25.5 Å². The highest BCUT2D eigenvalue weighted by molar-refractivity contribution is 6.38. The molecule has 37 heavy (non-hydrogen) atoms. The maximum atomic E-state index is 13.1. The van der Waals surface area contributed by atoms with E-state index in [0.717, 1.165) is 32.1 Å². The van der Waals surface area contributed by atoms with Crippen LogP contribution in [0.1, 0.15) is 84.1 Å². The van der Waals surface area contributed by atoms with E-state index in [1.807, 2.05) is 0 Å². The van der Waals surface area contributed by atoms with E-state index in [-0.39, 0.29) is 17.7 Å². The average molecular weight is 517 g/mol. The van der Waals surface area contributed by atoms with Gasteiger partial charge in [-0.2, -0.15) is 0 Å². The van der Waals surface area contributed by atoms with Gasteiger partial charge in [-0.15, -0.1) is 0 Å². The molecule has 1 aromatic heterocycles. The SMILES string of the molecule is CC(NC(=O)C(NC(=O)c1ccncn1)C(C)(C)C)C(=O)NC(C(=O)C(=O)NC1CCCCC1)C(C)C. The number of ketones is 1. The minimum Gasteiger partial charge on any atom is -0.347 e. The van der Waals surface area contributed by atoms with Gasteiger partial charge in [0.05, 0.1) is 6.04 Å². The van der Waals surface area contributed by atoms with Crippen molar-refractivity contribution < 1.29 is 24.0 Å². The summed E-state index contributed by atoms with van der Waals surface area (Å²) >= 11 is 0. The average Bonchev–Trinajstić information content (AvgIpc) is 2.85. The molecule has 0 bridgehead atoms. The predicted octanol–water partition coefficient (Wildman–Crippen LogP) is 1.28. The van der Waals surface area contributed by atoms with Crippen molar-refractivity contribution in [2.24, 2.45) is 11.3 Å². The number of Topliss-reactive ketones (excluding diaryl/α,β-unsaturated/α-hetero) is 1. The summed E-state index contributed by atoms with van der Waals surface area (Å²) in [7, 11) is 0. The maximum Gasteiger partial charge on any atom is 0.289 e. The molecule has 1 aliphatic carbocycles. The lowest BCUT2D eigenvalue weighted by Gasteiger charge is -2.31. The van der Waals surface area contributed by atoms with E-state index in [0.29, 0.717) is 0 Å². The highest BCUT2D eigenvalue weighted by Gasteiger charge is 2.36. The van der Waals surface area contributed by atoms with Crippen molar-refractivity contribution in [3.8, 4) is 0 Å². The van der Waals surface area contributed by atoms with Crippen LogP contribution >= 0.6 is 0 Å². The summed E-state index contributed by atoms with van der Waals surface area (Å²) in [5.74, 6) is -3.49. The van der Waals surface area contributed by atoms with Gasteiger partial charge >= 0.3 is 0 Å². The Bertz CT molecular complexity index is 969. The van der Waals surface area contributed by atoms with E-state index in [4.69, 9.17) is 0 Å². The van der Waals surface area contributed by atoms with Gasteiger partial charge in [0, 0.05) is 12.2 Å². The van der Waals surface area contributed by atoms with Gasteiger partial charge in [0.1, 0.15) is 24.1 Å². The van der Waals surface area contributed by atoms with Crippen LogP contribution in [0.5, 0.6) is 0 Å². The molecule has 0 spiro atoms. The number of nitrogens with zero attached hydrogens (tertiary/aromatic N) is 2. The Morgan fingerprint density at radius 3 is 2.11 bits per heavy atom. The lowest BCUT2D eigenvalue weighted by Crippen LogP contribution is -2.59. The molecule has 1 saturated carbocycles. The fourth-order valence-electron chi connectivity index (χ4n) is 4.13. The Morgan fingerprint density at radius 2 is 1.57 bits per heavy atom. The molecule has 0 radical (unpaired) electrons. The Hall–Kier alpha value is -3.37. The highest BCUT2D eigenvalue weighted by Crippen LogP contribution is 2.20. The first-order valence-electron chi connectivity index (χ1n) is 12.8. The molecule has 3 unspecified atom stereocenters. The molecule has 204 valence electrons. The van der Waals surface area contributed by atoms with Crippen LogP contribution in [-0.4, -0.2) is 63.5 Å². The second kappa shape index (κ2) is 13.3. The Labute approximate surface area is 218 Å². The van der Waals surface area contributed by atoms with Crippen LogP contribution in [0.25, 0.3) is 0 Å². The molecule has 4 amide bonds. The van der Waals surface area contributed by atoms with Crippen LogP contribution < -0.4 is 21.3 Å². The number of carbonyl (C=O) groups excluding carboxylic acids is 5. The number of hydrogen-bond acceptors (Lipinski definition) is 7. The van der Waals surface area contributed by atoms with Crippen LogP contribution in [0.15, 0.2) is 18.6 Å². The van der Waals surface area contributed by atoms with E-state index >= 15 is 0 Å². The van der Waals surface area contributed by atoms with Gasteiger partial charge in [-0.1, -0.05) is 53.9 Å². The van der Waals surface area contributed by atoms with Crippen molar-refractivity contribution in [2.45, 2.75) is 97.8 Å². The standard InChI is InChI=1S/C26H40N6O5/c1-15(2)19(20(33)24(36)30-17-10-8-7-9-11-17)31-22(34)16(3)29-25(37)21(26(4,5)6)32-23(35)18-12-13-27-14-28-18/h12-17,19,21H,7-11H2,1-6H3,(H,29,37)(H,30,36)(H,31,34)(H,32,35). The molecule has 1 aliphatic rings. The third-order valence-corrected chi connectivity index (χ3v) is 6.38. The second-order valence-electron chi connectivity index (χ2n) is 11.0. The van der Waals surface area contributed by atoms with Crippen molar-refractivity contribution >= 4 is 29.4 Å². The fraction of sp³-hybridized carbons (Fsp3) is 0.654. The van der Waals surface area contributed by atoms with Crippen molar-refractivity contribution in [3.63, 3.8) is 0 Å². The monoisotopic (exact) mass is 516 g/mol. The first-order valence-corrected chi connectivity index (χ1v) is 12.8. The molecule has 3 atom stereocenters. The summed E-state index contributed by atoms with van der Waals surface area (Å²) in [6, 6.07) is -1.64. The number of rotatable bonds is 10. The van der Waals surface area contributed by atoms with Crippen molar-refractivity contribution in [1.82, 2.24) is 31.2 Å². The topological polar surface area (TPSA) is 159 Å². The lowest BCUT2D eigenvalue weighted by molar-refractivity contribution is -0.141. The normalized spacial score (nSPS) is 16.7. The number of hydrogen-bond donors (Lipinski definition) is 4. The van der Waals surface area contributed by atoms with Crippen LogP contribution in [0, 0.1) is 11.3 Å². The molecule has 11 nitrogen and oxygen atoms in total. The van der Waals surface area contributed by atoms with Crippen molar-refractivity contribution in [2.75, 3.05) is 0 Å². The van der Waals surface area contributed by atoms with Gasteiger partial charge in [0.15, 0.2) is 0 Å². The minimum atomic E-state index is -1.04. The van der Waals surface area contributed by atoms with Crippen LogP contribution in [0.2, 0.25) is 0 Å². The molecular formula is C26H40N6O5. The molecule has 0 aromatic carbocycles. The van der Waals surface area contributed by atoms with Crippen molar-refractivity contribution in [3.05, 3.63) is 24.3 Å². The summed E-state index contributed by atoms with van der Waals surface area (Å²) in [5, 5.41) is 10.7. The summed E-state index contributed by atoms with van der Waals surface area (Å²) in [4.78, 5) is 71.7. The first-order chi connectivity index (χ1) is 17.3. The maximum absolute atomic E-state index is 13.1. The van der Waals surface area contributed by atoms with Gasteiger partial charge in [0.2, 0.25) is 17.6 Å². The molecular weight excluding hydrogens is 476 g/mol. The molecule has 2 rings (SSSR count).